The van der Waals surface area contributed by atoms with Crippen LogP contribution < -0.4 is 10.2 Å². The number of carbonyl (C=O) groups is 2. The van der Waals surface area contributed by atoms with E-state index in [-0.39, 0.29) is 23.7 Å². The molecule has 1 heterocycles. The molecule has 148 valence electrons. The summed E-state index contributed by atoms with van der Waals surface area (Å²) in [5.74, 6) is -0.370. The van der Waals surface area contributed by atoms with Gasteiger partial charge in [-0.1, -0.05) is 57.2 Å². The first-order valence-electron chi connectivity index (χ1n) is 9.82. The van der Waals surface area contributed by atoms with Gasteiger partial charge in [-0.2, -0.15) is 0 Å². The highest BCUT2D eigenvalue weighted by atomic mass is 16.2. The molecule has 1 aliphatic heterocycles. The minimum atomic E-state index is -0.257. The van der Waals surface area contributed by atoms with Gasteiger partial charge in [0.2, 0.25) is 11.8 Å². The van der Waals surface area contributed by atoms with Gasteiger partial charge in [0.05, 0.1) is 0 Å². The maximum atomic E-state index is 12.6. The van der Waals surface area contributed by atoms with Gasteiger partial charge in [-0.25, -0.2) is 0 Å². The molecular weight excluding hydrogens is 350 g/mol. The fourth-order valence-electron chi connectivity index (χ4n) is 3.54. The Hall–Kier alpha value is -2.82. The Labute approximate surface area is 167 Å². The Morgan fingerprint density at radius 1 is 0.893 bits per heavy atom. The second-order valence-electron chi connectivity index (χ2n) is 8.22. The van der Waals surface area contributed by atoms with E-state index >= 15 is 0 Å². The van der Waals surface area contributed by atoms with Crippen LogP contribution in [0.25, 0.3) is 0 Å². The zero-order chi connectivity index (χ0) is 20.1. The lowest BCUT2D eigenvalue weighted by atomic mass is 9.86. The second kappa shape index (κ2) is 8.46. The highest BCUT2D eigenvalue weighted by Gasteiger charge is 2.24. The van der Waals surface area contributed by atoms with E-state index in [9.17, 15) is 9.59 Å². The lowest BCUT2D eigenvalue weighted by Crippen LogP contribution is -2.49. The van der Waals surface area contributed by atoms with Crippen molar-refractivity contribution in [1.29, 1.82) is 0 Å². The number of benzene rings is 2. The number of nitrogens with one attached hydrogen (secondary N) is 1. The van der Waals surface area contributed by atoms with Crippen LogP contribution in [0, 0.1) is 0 Å². The van der Waals surface area contributed by atoms with Gasteiger partial charge in [0.15, 0.2) is 0 Å². The average molecular weight is 380 g/mol. The first-order valence-corrected chi connectivity index (χ1v) is 9.82. The Kier molecular flexibility index (Phi) is 6.02. The van der Waals surface area contributed by atoms with E-state index < -0.39 is 0 Å². The smallest absolute Gasteiger partial charge is 0.233 e. The molecule has 28 heavy (non-hydrogen) atoms. The molecule has 2 aromatic carbocycles. The molecule has 0 unspecified atom stereocenters. The van der Waals surface area contributed by atoms with E-state index in [1.54, 1.807) is 4.90 Å². The van der Waals surface area contributed by atoms with Crippen LogP contribution in [-0.2, 0) is 15.0 Å². The van der Waals surface area contributed by atoms with Gasteiger partial charge >= 0.3 is 0 Å². The van der Waals surface area contributed by atoms with E-state index in [0.29, 0.717) is 13.1 Å². The lowest BCUT2D eigenvalue weighted by molar-refractivity contribution is -0.134. The van der Waals surface area contributed by atoms with Crippen molar-refractivity contribution in [3.05, 3.63) is 60.2 Å². The zero-order valence-corrected chi connectivity index (χ0v) is 16.9. The average Bonchev–Trinajstić information content (AvgIpc) is 2.68. The van der Waals surface area contributed by atoms with Crippen molar-refractivity contribution in [2.24, 2.45) is 0 Å². The lowest BCUT2D eigenvalue weighted by Gasteiger charge is -2.36. The molecule has 2 aromatic rings. The van der Waals surface area contributed by atoms with Crippen molar-refractivity contribution >= 4 is 23.2 Å². The maximum absolute atomic E-state index is 12.6. The molecule has 0 spiro atoms. The summed E-state index contributed by atoms with van der Waals surface area (Å²) in [6.45, 7) is 9.16. The minimum Gasteiger partial charge on any atom is -0.368 e. The predicted molar refractivity (Wildman–Crippen MR) is 114 cm³/mol. The SMILES string of the molecule is CC(C)(C)c1ccccc1NC(=O)CC(=O)N1CCN(c2ccccc2)CC1. The Morgan fingerprint density at radius 2 is 1.50 bits per heavy atom. The third-order valence-electron chi connectivity index (χ3n) is 5.07. The molecule has 1 N–H and O–H groups in total. The molecule has 3 rings (SSSR count). The highest BCUT2D eigenvalue weighted by molar-refractivity contribution is 6.04. The third-order valence-corrected chi connectivity index (χ3v) is 5.07. The summed E-state index contributed by atoms with van der Waals surface area (Å²) in [5.41, 5.74) is 2.93. The predicted octanol–water partition coefficient (Wildman–Crippen LogP) is 3.66. The normalized spacial score (nSPS) is 14.7. The standard InChI is InChI=1S/C23H29N3O2/c1-23(2,3)19-11-7-8-12-20(19)24-21(27)17-22(28)26-15-13-25(14-16-26)18-9-5-4-6-10-18/h4-12H,13-17H2,1-3H3,(H,24,27). The quantitative estimate of drug-likeness (QED) is 0.825. The summed E-state index contributed by atoms with van der Waals surface area (Å²) in [6, 6.07) is 18.0. The molecule has 1 aliphatic rings. The molecule has 5 nitrogen and oxygen atoms in total. The summed E-state index contributed by atoms with van der Waals surface area (Å²) in [6.07, 6.45) is -0.121. The first-order chi connectivity index (χ1) is 13.3. The van der Waals surface area contributed by atoms with Crippen molar-refractivity contribution in [2.75, 3.05) is 36.4 Å². The van der Waals surface area contributed by atoms with Crippen molar-refractivity contribution in [3.8, 4) is 0 Å². The summed E-state index contributed by atoms with van der Waals surface area (Å²) in [5, 5.41) is 2.92. The zero-order valence-electron chi connectivity index (χ0n) is 16.9. The van der Waals surface area contributed by atoms with Gasteiger partial charge in [0, 0.05) is 37.6 Å². The van der Waals surface area contributed by atoms with Crippen molar-refractivity contribution in [2.45, 2.75) is 32.6 Å². The van der Waals surface area contributed by atoms with E-state index in [4.69, 9.17) is 0 Å². The van der Waals surface area contributed by atoms with Gasteiger partial charge in [-0.05, 0) is 29.2 Å². The van der Waals surface area contributed by atoms with E-state index in [0.717, 1.165) is 24.3 Å². The van der Waals surface area contributed by atoms with Crippen molar-refractivity contribution in [1.82, 2.24) is 4.90 Å². The van der Waals surface area contributed by atoms with Gasteiger partial charge in [-0.15, -0.1) is 0 Å². The molecule has 2 amide bonds. The van der Waals surface area contributed by atoms with Gasteiger partial charge in [0.1, 0.15) is 6.42 Å². The molecule has 0 saturated carbocycles. The Balaban J connectivity index is 1.54. The number of rotatable bonds is 4. The molecular formula is C23H29N3O2. The number of hydrogen-bond donors (Lipinski definition) is 1. The molecule has 0 aromatic heterocycles. The Morgan fingerprint density at radius 3 is 2.14 bits per heavy atom. The summed E-state index contributed by atoms with van der Waals surface area (Å²) < 4.78 is 0. The van der Waals surface area contributed by atoms with Crippen LogP contribution in [0.3, 0.4) is 0 Å². The number of para-hydroxylation sites is 2. The van der Waals surface area contributed by atoms with Crippen LogP contribution in [0.4, 0.5) is 11.4 Å². The number of piperazine rings is 1. The van der Waals surface area contributed by atoms with Gasteiger partial charge in [-0.3, -0.25) is 9.59 Å². The van der Waals surface area contributed by atoms with Crippen molar-refractivity contribution in [3.63, 3.8) is 0 Å². The molecule has 1 saturated heterocycles. The van der Waals surface area contributed by atoms with Gasteiger partial charge in [0.25, 0.3) is 0 Å². The van der Waals surface area contributed by atoms with Crippen LogP contribution in [0.1, 0.15) is 32.8 Å². The number of hydrogen-bond acceptors (Lipinski definition) is 3. The first kappa shape index (κ1) is 19.9. The van der Waals surface area contributed by atoms with Crippen LogP contribution in [0.15, 0.2) is 54.6 Å². The molecule has 0 atom stereocenters. The van der Waals surface area contributed by atoms with Gasteiger partial charge < -0.3 is 15.1 Å². The van der Waals surface area contributed by atoms with Crippen LogP contribution in [-0.4, -0.2) is 42.9 Å². The fraction of sp³-hybridized carbons (Fsp3) is 0.391. The third kappa shape index (κ3) is 4.91. The number of carbonyl (C=O) groups excluding carboxylic acids is 2. The monoisotopic (exact) mass is 379 g/mol. The van der Waals surface area contributed by atoms with E-state index in [1.165, 1.54) is 5.69 Å². The van der Waals surface area contributed by atoms with Crippen molar-refractivity contribution < 1.29 is 9.59 Å². The molecule has 1 fully saturated rings. The van der Waals surface area contributed by atoms with Crippen LogP contribution >= 0.6 is 0 Å². The number of nitrogens with zero attached hydrogens (tertiary/aromatic N) is 2. The summed E-state index contributed by atoms with van der Waals surface area (Å²) in [4.78, 5) is 29.1. The topological polar surface area (TPSA) is 52.7 Å². The molecule has 0 radical (unpaired) electrons. The Bertz CT molecular complexity index is 819. The second-order valence-corrected chi connectivity index (χ2v) is 8.22. The summed E-state index contributed by atoms with van der Waals surface area (Å²) in [7, 11) is 0. The van der Waals surface area contributed by atoms with E-state index in [2.05, 4.69) is 43.1 Å². The maximum Gasteiger partial charge on any atom is 0.233 e. The number of amides is 2. The summed E-state index contributed by atoms with van der Waals surface area (Å²) >= 11 is 0. The highest BCUT2D eigenvalue weighted by Crippen LogP contribution is 2.29. The van der Waals surface area contributed by atoms with Crippen LogP contribution in [0.2, 0.25) is 0 Å². The fourth-order valence-corrected chi connectivity index (χ4v) is 3.54. The van der Waals surface area contributed by atoms with Crippen LogP contribution in [0.5, 0.6) is 0 Å². The molecule has 0 aliphatic carbocycles. The molecule has 5 heteroatoms. The van der Waals surface area contributed by atoms with E-state index in [1.807, 2.05) is 42.5 Å². The minimum absolute atomic E-state index is 0.0817. The molecule has 0 bridgehead atoms. The largest absolute Gasteiger partial charge is 0.368 e. The number of anilines is 2.